The number of fused-ring (bicyclic) bond motifs is 1. The molecule has 1 fully saturated rings. The Hall–Kier alpha value is -2.35. The van der Waals surface area contributed by atoms with Crippen molar-refractivity contribution in [1.82, 2.24) is 15.2 Å². The molecule has 0 aliphatic carbocycles. The van der Waals surface area contributed by atoms with Gasteiger partial charge >= 0.3 is 5.97 Å². The molecule has 7 nitrogen and oxygen atoms in total. The van der Waals surface area contributed by atoms with Gasteiger partial charge in [-0.1, -0.05) is 29.3 Å². The molecule has 0 spiro atoms. The minimum atomic E-state index is -1.01. The molecule has 1 aliphatic rings. The van der Waals surface area contributed by atoms with E-state index in [0.717, 1.165) is 16.5 Å². The van der Waals surface area contributed by atoms with Crippen molar-refractivity contribution < 1.29 is 15.0 Å². The fraction of sp³-hybridized carbons (Fsp3) is 0.235. The third-order valence-corrected chi connectivity index (χ3v) is 5.32. The van der Waals surface area contributed by atoms with E-state index in [1.165, 1.54) is 0 Å². The van der Waals surface area contributed by atoms with E-state index in [4.69, 9.17) is 23.2 Å². The summed E-state index contributed by atoms with van der Waals surface area (Å²) in [5, 5.41) is 27.6. The lowest BCUT2D eigenvalue weighted by molar-refractivity contribution is -0.138. The first kappa shape index (κ1) is 17.1. The van der Waals surface area contributed by atoms with Crippen molar-refractivity contribution in [1.29, 1.82) is 0 Å². The number of aliphatic carboxylic acids is 1. The summed E-state index contributed by atoms with van der Waals surface area (Å²) >= 11 is 12.5. The van der Waals surface area contributed by atoms with Crippen LogP contribution in [0.25, 0.3) is 22.0 Å². The minimum absolute atomic E-state index is 0.138. The fourth-order valence-electron chi connectivity index (χ4n) is 3.31. The molecule has 134 valence electrons. The highest BCUT2D eigenvalue weighted by Gasteiger charge is 2.37. The Kier molecular flexibility index (Phi) is 4.22. The zero-order chi connectivity index (χ0) is 18.4. The van der Waals surface area contributed by atoms with E-state index in [9.17, 15) is 15.0 Å². The quantitative estimate of drug-likeness (QED) is 0.633. The number of aromatic nitrogens is 3. The van der Waals surface area contributed by atoms with Crippen molar-refractivity contribution in [3.05, 3.63) is 40.6 Å². The lowest BCUT2D eigenvalue weighted by Crippen LogP contribution is -2.36. The van der Waals surface area contributed by atoms with Crippen LogP contribution in [0.5, 0.6) is 0 Å². The Morgan fingerprint density at radius 1 is 1.35 bits per heavy atom. The summed E-state index contributed by atoms with van der Waals surface area (Å²) in [5.41, 5.74) is 2.07. The number of nitrogens with zero attached hydrogens (tertiary/aromatic N) is 3. The Labute approximate surface area is 158 Å². The zero-order valence-corrected chi connectivity index (χ0v) is 14.9. The third-order valence-electron chi connectivity index (χ3n) is 4.53. The van der Waals surface area contributed by atoms with Crippen molar-refractivity contribution in [3.63, 3.8) is 0 Å². The van der Waals surface area contributed by atoms with Crippen LogP contribution in [-0.4, -0.2) is 50.1 Å². The van der Waals surface area contributed by atoms with Crippen molar-refractivity contribution in [3.8, 4) is 11.1 Å². The van der Waals surface area contributed by atoms with Crippen LogP contribution in [0, 0.1) is 0 Å². The largest absolute Gasteiger partial charge is 0.480 e. The van der Waals surface area contributed by atoms with Gasteiger partial charge < -0.3 is 15.1 Å². The van der Waals surface area contributed by atoms with Gasteiger partial charge in [-0.3, -0.25) is 5.10 Å². The average Bonchev–Trinajstić information content (AvgIpc) is 3.27. The molecular weight excluding hydrogens is 379 g/mol. The van der Waals surface area contributed by atoms with Crippen LogP contribution in [0.15, 0.2) is 30.6 Å². The lowest BCUT2D eigenvalue weighted by Gasteiger charge is -2.23. The number of H-pyrrole nitrogens is 1. The molecule has 9 heteroatoms. The molecule has 0 unspecified atom stereocenters. The Balaban J connectivity index is 1.96. The second-order valence-corrected chi connectivity index (χ2v) is 6.95. The number of β-amino-alcohol motifs (C(OH)–C–C–N with tert-alkyl or cyclic N) is 1. The Morgan fingerprint density at radius 2 is 2.15 bits per heavy atom. The Morgan fingerprint density at radius 3 is 2.85 bits per heavy atom. The number of hydrogen-bond donors (Lipinski definition) is 3. The number of aliphatic hydroxyl groups is 1. The maximum atomic E-state index is 11.6. The van der Waals surface area contributed by atoms with E-state index in [0.29, 0.717) is 21.4 Å². The summed E-state index contributed by atoms with van der Waals surface area (Å²) in [6.45, 7) is 0.179. The number of halogens is 2. The van der Waals surface area contributed by atoms with Crippen LogP contribution < -0.4 is 4.90 Å². The van der Waals surface area contributed by atoms with Crippen LogP contribution in [0.2, 0.25) is 10.0 Å². The Bertz CT molecular complexity index is 993. The normalized spacial score (nSPS) is 20.0. The molecule has 0 bridgehead atoms. The van der Waals surface area contributed by atoms with Gasteiger partial charge in [0.05, 0.1) is 27.9 Å². The van der Waals surface area contributed by atoms with Gasteiger partial charge in [0.1, 0.15) is 11.9 Å². The number of aliphatic hydroxyl groups excluding tert-OH is 1. The summed E-state index contributed by atoms with van der Waals surface area (Å²) in [6, 6.07) is 4.43. The summed E-state index contributed by atoms with van der Waals surface area (Å²) in [4.78, 5) is 17.7. The number of carboxylic acids is 1. The number of carboxylic acid groups (broad SMARTS) is 1. The van der Waals surface area contributed by atoms with Gasteiger partial charge in [0.15, 0.2) is 0 Å². The van der Waals surface area contributed by atoms with Gasteiger partial charge in [0.2, 0.25) is 0 Å². The maximum absolute atomic E-state index is 11.6. The molecule has 3 N–H and O–H groups in total. The molecule has 2 aromatic heterocycles. The summed E-state index contributed by atoms with van der Waals surface area (Å²) in [6.07, 6.45) is 2.79. The van der Waals surface area contributed by atoms with E-state index in [1.54, 1.807) is 29.4 Å². The van der Waals surface area contributed by atoms with Gasteiger partial charge in [-0.25, -0.2) is 9.78 Å². The summed E-state index contributed by atoms with van der Waals surface area (Å²) in [7, 11) is 0. The average molecular weight is 393 g/mol. The molecule has 26 heavy (non-hydrogen) atoms. The number of nitrogens with one attached hydrogen (secondary N) is 1. The van der Waals surface area contributed by atoms with Crippen molar-refractivity contribution in [2.45, 2.75) is 18.6 Å². The molecule has 0 radical (unpaired) electrons. The van der Waals surface area contributed by atoms with E-state index in [-0.39, 0.29) is 13.0 Å². The fourth-order valence-corrected chi connectivity index (χ4v) is 3.67. The molecule has 3 heterocycles. The number of pyridine rings is 1. The van der Waals surface area contributed by atoms with E-state index >= 15 is 0 Å². The monoisotopic (exact) mass is 392 g/mol. The molecule has 2 atom stereocenters. The van der Waals surface area contributed by atoms with Crippen LogP contribution >= 0.6 is 23.2 Å². The molecule has 1 saturated heterocycles. The molecule has 0 amide bonds. The highest BCUT2D eigenvalue weighted by molar-refractivity contribution is 6.45. The number of benzene rings is 1. The molecule has 3 aromatic rings. The molecule has 1 aliphatic heterocycles. The maximum Gasteiger partial charge on any atom is 0.326 e. The molecule has 4 rings (SSSR count). The number of aromatic amines is 1. The summed E-state index contributed by atoms with van der Waals surface area (Å²) in [5.74, 6) is -0.590. The van der Waals surface area contributed by atoms with E-state index in [1.807, 2.05) is 6.07 Å². The van der Waals surface area contributed by atoms with Gasteiger partial charge in [0.25, 0.3) is 0 Å². The van der Waals surface area contributed by atoms with E-state index < -0.39 is 18.1 Å². The summed E-state index contributed by atoms with van der Waals surface area (Å²) < 4.78 is 0. The van der Waals surface area contributed by atoms with Crippen molar-refractivity contribution >= 4 is 45.9 Å². The standard InChI is InChI=1S/C17H14Cl2N4O3/c18-12-2-1-10-11(8-5-20-21-6-8)4-14(22-16(10)15(12)19)23-7-9(24)3-13(23)17(25)26/h1-2,4-6,9,13,24H,3,7H2,(H,20,21)(H,25,26)/t9-,13-/m0/s1. The predicted octanol–water partition coefficient (Wildman–Crippen LogP) is 2.96. The molecule has 1 aromatic carbocycles. The molecule has 0 saturated carbocycles. The molecular formula is C17H14Cl2N4O3. The first-order valence-electron chi connectivity index (χ1n) is 7.91. The van der Waals surface area contributed by atoms with Crippen LogP contribution in [0.4, 0.5) is 5.82 Å². The van der Waals surface area contributed by atoms with Gasteiger partial charge in [-0.05, 0) is 17.7 Å². The topological polar surface area (TPSA) is 102 Å². The predicted molar refractivity (Wildman–Crippen MR) is 98.7 cm³/mol. The van der Waals surface area contributed by atoms with Crippen LogP contribution in [0.1, 0.15) is 6.42 Å². The van der Waals surface area contributed by atoms with Crippen LogP contribution in [-0.2, 0) is 4.79 Å². The van der Waals surface area contributed by atoms with Gasteiger partial charge in [0, 0.05) is 30.1 Å². The second-order valence-electron chi connectivity index (χ2n) is 6.17. The van der Waals surface area contributed by atoms with Crippen molar-refractivity contribution in [2.24, 2.45) is 0 Å². The smallest absolute Gasteiger partial charge is 0.326 e. The van der Waals surface area contributed by atoms with Gasteiger partial charge in [-0.15, -0.1) is 0 Å². The SMILES string of the molecule is O=C(O)[C@@H]1C[C@H](O)CN1c1cc(-c2cn[nH]c2)c2ccc(Cl)c(Cl)c2n1. The number of carbonyl (C=O) groups is 1. The number of rotatable bonds is 3. The van der Waals surface area contributed by atoms with Crippen molar-refractivity contribution in [2.75, 3.05) is 11.4 Å². The highest BCUT2D eigenvalue weighted by atomic mass is 35.5. The van der Waals surface area contributed by atoms with E-state index in [2.05, 4.69) is 15.2 Å². The van der Waals surface area contributed by atoms with Gasteiger partial charge in [-0.2, -0.15) is 5.10 Å². The first-order chi connectivity index (χ1) is 12.5. The number of anilines is 1. The second kappa shape index (κ2) is 6.42. The minimum Gasteiger partial charge on any atom is -0.480 e. The third kappa shape index (κ3) is 2.78. The number of hydrogen-bond acceptors (Lipinski definition) is 5. The lowest BCUT2D eigenvalue weighted by atomic mass is 10.0. The van der Waals surface area contributed by atoms with Crippen LogP contribution in [0.3, 0.4) is 0 Å². The first-order valence-corrected chi connectivity index (χ1v) is 8.66. The zero-order valence-electron chi connectivity index (χ0n) is 13.4. The highest BCUT2D eigenvalue weighted by Crippen LogP contribution is 2.38.